The smallest absolute Gasteiger partial charge is 0.328 e. The van der Waals surface area contributed by atoms with Crippen molar-refractivity contribution < 1.29 is 28.9 Å². The Kier molecular flexibility index (Phi) is 11.8. The van der Waals surface area contributed by atoms with E-state index in [0.717, 1.165) is 32.8 Å². The zero-order valence-corrected chi connectivity index (χ0v) is 26.7. The lowest BCUT2D eigenvalue weighted by Gasteiger charge is -2.41. The highest BCUT2D eigenvalue weighted by Crippen LogP contribution is 2.42. The predicted octanol–water partition coefficient (Wildman–Crippen LogP) is 5.74. The van der Waals surface area contributed by atoms with Gasteiger partial charge in [0.25, 0.3) is 0 Å². The van der Waals surface area contributed by atoms with E-state index in [1.54, 1.807) is 18.0 Å². The Morgan fingerprint density at radius 3 is 2.26 bits per heavy atom. The Hall–Kier alpha value is -4.22. The topological polar surface area (TPSA) is 119 Å². The van der Waals surface area contributed by atoms with Gasteiger partial charge in [-0.3, -0.25) is 0 Å². The normalized spacial score (nSPS) is 20.0. The third-order valence-corrected chi connectivity index (χ3v) is 8.97. The first-order valence-corrected chi connectivity index (χ1v) is 16.2. The number of benzene rings is 3. The molecule has 2 heterocycles. The highest BCUT2D eigenvalue weighted by molar-refractivity contribution is 7.99. The fourth-order valence-corrected chi connectivity index (χ4v) is 6.31. The van der Waals surface area contributed by atoms with Gasteiger partial charge >= 0.3 is 12.0 Å². The maximum atomic E-state index is 12.7. The summed E-state index contributed by atoms with van der Waals surface area (Å²) in [6.45, 7) is 2.38. The highest BCUT2D eigenvalue weighted by atomic mass is 32.2. The number of amides is 2. The molecule has 240 valence electrons. The van der Waals surface area contributed by atoms with Crippen LogP contribution in [0.1, 0.15) is 47.1 Å². The molecule has 10 heteroatoms. The summed E-state index contributed by atoms with van der Waals surface area (Å²) < 4.78 is 18.0. The molecule has 5 rings (SSSR count). The number of esters is 1. The van der Waals surface area contributed by atoms with Crippen LogP contribution in [-0.2, 0) is 38.6 Å². The molecule has 0 saturated carbocycles. The molecular weight excluding hydrogens is 602 g/mol. The lowest BCUT2D eigenvalue weighted by molar-refractivity contribution is -0.268. The molecule has 3 aromatic carbocycles. The second-order valence-electron chi connectivity index (χ2n) is 11.1. The van der Waals surface area contributed by atoms with Crippen molar-refractivity contribution in [3.8, 4) is 0 Å². The van der Waals surface area contributed by atoms with Gasteiger partial charge in [-0.1, -0.05) is 91.9 Å². The number of aliphatic hydroxyl groups excluding tert-OH is 1. The van der Waals surface area contributed by atoms with Crippen molar-refractivity contribution >= 4 is 23.8 Å². The van der Waals surface area contributed by atoms with E-state index in [9.17, 15) is 14.7 Å². The summed E-state index contributed by atoms with van der Waals surface area (Å²) in [6, 6.07) is 29.6. The van der Waals surface area contributed by atoms with Crippen LogP contribution >= 0.6 is 11.8 Å². The number of thioether (sulfide) groups is 1. The summed E-state index contributed by atoms with van der Waals surface area (Å²) in [7, 11) is 1.30. The van der Waals surface area contributed by atoms with Crippen LogP contribution in [-0.4, -0.2) is 47.1 Å². The molecule has 3 N–H and O–H groups in total. The van der Waals surface area contributed by atoms with Gasteiger partial charge in [0.15, 0.2) is 6.29 Å². The zero-order valence-electron chi connectivity index (χ0n) is 25.9. The lowest BCUT2D eigenvalue weighted by atomic mass is 9.91. The van der Waals surface area contributed by atoms with E-state index in [4.69, 9.17) is 14.2 Å². The van der Waals surface area contributed by atoms with Crippen molar-refractivity contribution in [1.29, 1.82) is 0 Å². The van der Waals surface area contributed by atoms with Crippen molar-refractivity contribution in [2.45, 2.75) is 56.1 Å². The van der Waals surface area contributed by atoms with E-state index in [0.29, 0.717) is 12.2 Å². The molecule has 46 heavy (non-hydrogen) atoms. The van der Waals surface area contributed by atoms with Crippen molar-refractivity contribution in [2.75, 3.05) is 12.9 Å². The number of hydrogen-bond donors (Lipinski definition) is 3. The van der Waals surface area contributed by atoms with E-state index < -0.39 is 24.3 Å². The molecule has 5 atom stereocenters. The number of carbonyl (C=O) groups excluding carboxylic acids is 2. The minimum Gasteiger partial charge on any atom is -0.467 e. The predicted molar refractivity (Wildman–Crippen MR) is 176 cm³/mol. The number of pyridine rings is 1. The molecule has 2 amide bonds. The van der Waals surface area contributed by atoms with E-state index >= 15 is 0 Å². The molecule has 4 aromatic rings. The van der Waals surface area contributed by atoms with Crippen LogP contribution in [0.15, 0.2) is 108 Å². The van der Waals surface area contributed by atoms with Crippen LogP contribution in [0.25, 0.3) is 0 Å². The first-order chi connectivity index (χ1) is 22.4. The Bertz CT molecular complexity index is 1540. The van der Waals surface area contributed by atoms with Crippen molar-refractivity contribution in [1.82, 2.24) is 15.6 Å². The fraction of sp³-hybridized carbons (Fsp3) is 0.306. The Morgan fingerprint density at radius 2 is 1.59 bits per heavy atom. The summed E-state index contributed by atoms with van der Waals surface area (Å²) in [5.41, 5.74) is 4.52. The van der Waals surface area contributed by atoms with Gasteiger partial charge in [-0.05, 0) is 34.4 Å². The third-order valence-electron chi connectivity index (χ3n) is 7.94. The number of nitrogens with zero attached hydrogens (tertiary/aromatic N) is 1. The average Bonchev–Trinajstić information content (AvgIpc) is 3.11. The van der Waals surface area contributed by atoms with Gasteiger partial charge in [0.1, 0.15) is 6.04 Å². The van der Waals surface area contributed by atoms with Crippen LogP contribution in [0, 0.1) is 5.92 Å². The summed E-state index contributed by atoms with van der Waals surface area (Å²) in [5.74, 6) is 0.256. The molecule has 1 fully saturated rings. The largest absolute Gasteiger partial charge is 0.467 e. The fourth-order valence-electron chi connectivity index (χ4n) is 5.28. The molecule has 0 radical (unpaired) electrons. The second-order valence-corrected chi connectivity index (χ2v) is 12.2. The third kappa shape index (κ3) is 8.95. The summed E-state index contributed by atoms with van der Waals surface area (Å²) >= 11 is 1.65. The van der Waals surface area contributed by atoms with Gasteiger partial charge in [-0.15, -0.1) is 11.8 Å². The monoisotopic (exact) mass is 641 g/mol. The minimum absolute atomic E-state index is 0.0150. The second kappa shape index (κ2) is 16.4. The number of rotatable bonds is 12. The van der Waals surface area contributed by atoms with Gasteiger partial charge in [0.05, 0.1) is 31.0 Å². The van der Waals surface area contributed by atoms with E-state index in [-0.39, 0.29) is 31.3 Å². The maximum absolute atomic E-state index is 12.7. The average molecular weight is 642 g/mol. The number of nitrogens with one attached hydrogen (secondary N) is 2. The number of aliphatic hydroxyl groups is 1. The molecule has 1 aromatic heterocycles. The molecule has 1 aliphatic heterocycles. The highest BCUT2D eigenvalue weighted by Gasteiger charge is 2.38. The first kappa shape index (κ1) is 33.2. The molecular formula is C36H39N3O6S. The minimum atomic E-state index is -0.811. The van der Waals surface area contributed by atoms with Crippen molar-refractivity contribution in [2.24, 2.45) is 5.92 Å². The molecule has 0 bridgehead atoms. The Morgan fingerprint density at radius 1 is 0.891 bits per heavy atom. The number of aromatic nitrogens is 1. The Labute approximate surface area is 273 Å². The van der Waals surface area contributed by atoms with Gasteiger partial charge in [0, 0.05) is 36.4 Å². The Balaban J connectivity index is 1.23. The molecule has 1 saturated heterocycles. The number of ether oxygens (including phenoxy) is 3. The van der Waals surface area contributed by atoms with Gasteiger partial charge in [0.2, 0.25) is 0 Å². The standard InChI is InChI=1S/C36H39N3O6S/c1-24-31(23-46-32-10-6-7-19-37-32)44-35(45-33(24)28-15-13-27(22-40)14-16-28)29-17-11-26(12-18-29)21-38-36(42)39-30(34(41)43-2)20-25-8-4-3-5-9-25/h3-19,24,30-31,33,35,40H,20-23H2,1-2H3,(H2,38,39,42). The van der Waals surface area contributed by atoms with Crippen molar-refractivity contribution in [3.05, 3.63) is 131 Å². The molecule has 9 nitrogen and oxygen atoms in total. The van der Waals surface area contributed by atoms with Crippen molar-refractivity contribution in [3.63, 3.8) is 0 Å². The van der Waals surface area contributed by atoms with Gasteiger partial charge in [-0.2, -0.15) is 0 Å². The zero-order chi connectivity index (χ0) is 32.3. The number of carbonyl (C=O) groups is 2. The maximum Gasteiger partial charge on any atom is 0.328 e. The van der Waals surface area contributed by atoms with Gasteiger partial charge in [-0.25, -0.2) is 14.6 Å². The van der Waals surface area contributed by atoms with Crippen LogP contribution in [0.3, 0.4) is 0 Å². The van der Waals surface area contributed by atoms with Gasteiger partial charge < -0.3 is 30.0 Å². The summed E-state index contributed by atoms with van der Waals surface area (Å²) in [6.07, 6.45) is 1.18. The van der Waals surface area contributed by atoms with Crippen LogP contribution in [0.4, 0.5) is 4.79 Å². The van der Waals surface area contributed by atoms with E-state index in [1.165, 1.54) is 7.11 Å². The molecule has 0 spiro atoms. The van der Waals surface area contributed by atoms with E-state index in [1.807, 2.05) is 97.1 Å². The van der Waals surface area contributed by atoms with Crippen LogP contribution < -0.4 is 10.6 Å². The molecule has 0 aliphatic carbocycles. The number of urea groups is 1. The SMILES string of the molecule is COC(=O)C(Cc1ccccc1)NC(=O)NCc1ccc(C2OC(CSc3ccccn3)C(C)C(c3ccc(CO)cc3)O2)cc1. The number of hydrogen-bond acceptors (Lipinski definition) is 8. The number of methoxy groups -OCH3 is 1. The van der Waals surface area contributed by atoms with Crippen LogP contribution in [0.5, 0.6) is 0 Å². The van der Waals surface area contributed by atoms with E-state index in [2.05, 4.69) is 22.5 Å². The first-order valence-electron chi connectivity index (χ1n) is 15.2. The summed E-state index contributed by atoms with van der Waals surface area (Å²) in [4.78, 5) is 29.5. The van der Waals surface area contributed by atoms with Crippen LogP contribution in [0.2, 0.25) is 0 Å². The lowest BCUT2D eigenvalue weighted by Crippen LogP contribution is -2.47. The molecule has 1 aliphatic rings. The summed E-state index contributed by atoms with van der Waals surface area (Å²) in [5, 5.41) is 16.0. The quantitative estimate of drug-likeness (QED) is 0.132. The molecule has 5 unspecified atom stereocenters.